The predicted molar refractivity (Wildman–Crippen MR) is 85.1 cm³/mol. The fraction of sp³-hybridized carbons (Fsp3) is 0.353. The van der Waals surface area contributed by atoms with Crippen LogP contribution in [0.15, 0.2) is 48.7 Å². The topological polar surface area (TPSA) is 37.0 Å². The lowest BCUT2D eigenvalue weighted by Crippen LogP contribution is -2.16. The van der Waals surface area contributed by atoms with Gasteiger partial charge in [0, 0.05) is 19.3 Å². The molecule has 23 heavy (non-hydrogen) atoms. The van der Waals surface area contributed by atoms with E-state index >= 15 is 0 Å². The Morgan fingerprint density at radius 3 is 2.52 bits per heavy atom. The summed E-state index contributed by atoms with van der Waals surface area (Å²) in [4.78, 5) is 4.16. The second kappa shape index (κ2) is 8.53. The molecule has 2 rings (SSSR count). The molecule has 0 bridgehead atoms. The smallest absolute Gasteiger partial charge is 0.370 e. The van der Waals surface area contributed by atoms with Crippen molar-refractivity contribution in [3.63, 3.8) is 0 Å². The third kappa shape index (κ3) is 6.28. The Balaban J connectivity index is 1.60. The molecule has 1 aromatic carbocycles. The fourth-order valence-electron chi connectivity index (χ4n) is 2.15. The summed E-state index contributed by atoms with van der Waals surface area (Å²) in [5.74, 6) is 0.851. The lowest BCUT2D eigenvalue weighted by Gasteiger charge is -2.10. The van der Waals surface area contributed by atoms with E-state index in [1.54, 1.807) is 12.3 Å². The monoisotopic (exact) mass is 323 g/mol. The highest BCUT2D eigenvalue weighted by molar-refractivity contribution is 5.32. The summed E-state index contributed by atoms with van der Waals surface area (Å²) in [6.07, 6.45) is -0.642. The van der Waals surface area contributed by atoms with Crippen molar-refractivity contribution in [3.05, 3.63) is 59.8 Å². The molecule has 0 saturated heterocycles. The van der Waals surface area contributed by atoms with Gasteiger partial charge in [0.1, 0.15) is 5.82 Å². The summed E-state index contributed by atoms with van der Waals surface area (Å²) in [5, 5.41) is 6.38. The lowest BCUT2D eigenvalue weighted by atomic mass is 10.1. The number of alkyl halides is 3. The first-order valence-corrected chi connectivity index (χ1v) is 7.57. The largest absolute Gasteiger partial charge is 0.416 e. The van der Waals surface area contributed by atoms with E-state index in [1.807, 2.05) is 18.2 Å². The first-order chi connectivity index (χ1) is 11.1. The number of benzene rings is 1. The normalized spacial score (nSPS) is 11.4. The first kappa shape index (κ1) is 17.3. The number of aromatic nitrogens is 1. The van der Waals surface area contributed by atoms with E-state index in [0.717, 1.165) is 37.8 Å². The minimum Gasteiger partial charge on any atom is -0.370 e. The Labute approximate surface area is 133 Å². The Morgan fingerprint density at radius 2 is 1.78 bits per heavy atom. The quantitative estimate of drug-likeness (QED) is 0.719. The minimum atomic E-state index is -4.28. The van der Waals surface area contributed by atoms with Crippen LogP contribution >= 0.6 is 0 Å². The van der Waals surface area contributed by atoms with Crippen molar-refractivity contribution in [2.24, 2.45) is 0 Å². The summed E-state index contributed by atoms with van der Waals surface area (Å²) in [7, 11) is 0. The number of rotatable bonds is 8. The van der Waals surface area contributed by atoms with Gasteiger partial charge in [0.2, 0.25) is 0 Å². The zero-order valence-electron chi connectivity index (χ0n) is 12.7. The van der Waals surface area contributed by atoms with Gasteiger partial charge in [-0.15, -0.1) is 0 Å². The van der Waals surface area contributed by atoms with Gasteiger partial charge in [-0.2, -0.15) is 13.2 Å². The van der Waals surface area contributed by atoms with Gasteiger partial charge in [-0.3, -0.25) is 0 Å². The number of halogens is 3. The molecule has 0 radical (unpaired) electrons. The summed E-state index contributed by atoms with van der Waals surface area (Å²) in [5.41, 5.74) is 0.0443. The highest BCUT2D eigenvalue weighted by Gasteiger charge is 2.30. The summed E-state index contributed by atoms with van der Waals surface area (Å²) in [6.45, 7) is 2.03. The van der Waals surface area contributed by atoms with Crippen LogP contribution in [-0.2, 0) is 12.7 Å². The average molecular weight is 323 g/mol. The lowest BCUT2D eigenvalue weighted by molar-refractivity contribution is -0.137. The molecule has 6 heteroatoms. The molecular formula is C17H20F3N3. The number of pyridine rings is 1. The first-order valence-electron chi connectivity index (χ1n) is 7.57. The third-order valence-corrected chi connectivity index (χ3v) is 3.33. The maximum Gasteiger partial charge on any atom is 0.416 e. The van der Waals surface area contributed by atoms with E-state index in [1.165, 1.54) is 12.1 Å². The fourth-order valence-corrected chi connectivity index (χ4v) is 2.15. The van der Waals surface area contributed by atoms with Gasteiger partial charge in [-0.25, -0.2) is 4.98 Å². The molecule has 0 amide bonds. The zero-order valence-corrected chi connectivity index (χ0v) is 12.7. The van der Waals surface area contributed by atoms with E-state index in [0.29, 0.717) is 12.1 Å². The molecule has 0 aliphatic carbocycles. The molecule has 124 valence electrons. The van der Waals surface area contributed by atoms with Crippen molar-refractivity contribution in [1.29, 1.82) is 0 Å². The molecule has 0 saturated carbocycles. The molecule has 0 aliphatic heterocycles. The molecule has 1 heterocycles. The van der Waals surface area contributed by atoms with Gasteiger partial charge < -0.3 is 10.6 Å². The molecular weight excluding hydrogens is 303 g/mol. The van der Waals surface area contributed by atoms with Crippen LogP contribution in [0.3, 0.4) is 0 Å². The molecule has 0 spiro atoms. The molecule has 2 N–H and O–H groups in total. The van der Waals surface area contributed by atoms with Crippen LogP contribution < -0.4 is 10.6 Å². The second-order valence-electron chi connectivity index (χ2n) is 5.22. The Bertz CT molecular complexity index is 585. The van der Waals surface area contributed by atoms with Crippen LogP contribution in [0.2, 0.25) is 0 Å². The van der Waals surface area contributed by atoms with Crippen molar-refractivity contribution in [1.82, 2.24) is 10.3 Å². The molecule has 1 aromatic heterocycles. The van der Waals surface area contributed by atoms with E-state index in [2.05, 4.69) is 15.6 Å². The Morgan fingerprint density at radius 1 is 0.957 bits per heavy atom. The van der Waals surface area contributed by atoms with Gasteiger partial charge >= 0.3 is 6.18 Å². The van der Waals surface area contributed by atoms with E-state index in [4.69, 9.17) is 0 Å². The predicted octanol–water partition coefficient (Wildman–Crippen LogP) is 4.08. The number of hydrogen-bond donors (Lipinski definition) is 2. The SMILES string of the molecule is FC(F)(F)c1cccc(CNCCCCNc2ccccn2)c1. The van der Waals surface area contributed by atoms with Gasteiger partial charge in [0.25, 0.3) is 0 Å². The summed E-state index contributed by atoms with van der Waals surface area (Å²) < 4.78 is 37.8. The molecule has 2 aromatic rings. The summed E-state index contributed by atoms with van der Waals surface area (Å²) in [6, 6.07) is 11.1. The molecule has 0 atom stereocenters. The van der Waals surface area contributed by atoms with Gasteiger partial charge in [0.05, 0.1) is 5.56 Å². The second-order valence-corrected chi connectivity index (χ2v) is 5.22. The van der Waals surface area contributed by atoms with Crippen molar-refractivity contribution in [2.75, 3.05) is 18.4 Å². The number of hydrogen-bond acceptors (Lipinski definition) is 3. The molecule has 0 aliphatic rings. The van der Waals surface area contributed by atoms with Crippen LogP contribution in [-0.4, -0.2) is 18.1 Å². The van der Waals surface area contributed by atoms with E-state index < -0.39 is 11.7 Å². The highest BCUT2D eigenvalue weighted by atomic mass is 19.4. The molecule has 0 fully saturated rings. The van der Waals surface area contributed by atoms with Crippen molar-refractivity contribution >= 4 is 5.82 Å². The number of nitrogens with zero attached hydrogens (tertiary/aromatic N) is 1. The molecule has 3 nitrogen and oxygen atoms in total. The van der Waals surface area contributed by atoms with Crippen LogP contribution in [0.4, 0.5) is 19.0 Å². The Hall–Kier alpha value is -2.08. The van der Waals surface area contributed by atoms with E-state index in [-0.39, 0.29) is 0 Å². The zero-order chi connectivity index (χ0) is 16.5. The Kier molecular flexibility index (Phi) is 6.40. The van der Waals surface area contributed by atoms with Crippen LogP contribution in [0, 0.1) is 0 Å². The number of anilines is 1. The highest BCUT2D eigenvalue weighted by Crippen LogP contribution is 2.29. The van der Waals surface area contributed by atoms with Crippen molar-refractivity contribution < 1.29 is 13.2 Å². The van der Waals surface area contributed by atoms with Gasteiger partial charge in [-0.05, 0) is 43.1 Å². The van der Waals surface area contributed by atoms with Crippen LogP contribution in [0.5, 0.6) is 0 Å². The van der Waals surface area contributed by atoms with Gasteiger partial charge in [0.15, 0.2) is 0 Å². The summed E-state index contributed by atoms with van der Waals surface area (Å²) >= 11 is 0. The number of unbranched alkanes of at least 4 members (excludes halogenated alkanes) is 1. The van der Waals surface area contributed by atoms with Crippen LogP contribution in [0.25, 0.3) is 0 Å². The molecule has 0 unspecified atom stereocenters. The minimum absolute atomic E-state index is 0.442. The third-order valence-electron chi connectivity index (χ3n) is 3.33. The maximum absolute atomic E-state index is 12.6. The average Bonchev–Trinajstić information content (AvgIpc) is 2.54. The standard InChI is InChI=1S/C17H20F3N3/c18-17(19,20)15-7-5-6-14(12-15)13-21-9-3-4-11-23-16-8-1-2-10-22-16/h1-2,5-8,10,12,21H,3-4,9,11,13H2,(H,22,23). The maximum atomic E-state index is 12.6. The van der Waals surface area contributed by atoms with E-state index in [9.17, 15) is 13.2 Å². The number of nitrogens with one attached hydrogen (secondary N) is 2. The van der Waals surface area contributed by atoms with Gasteiger partial charge in [-0.1, -0.05) is 24.3 Å². The van der Waals surface area contributed by atoms with Crippen molar-refractivity contribution in [3.8, 4) is 0 Å². The van der Waals surface area contributed by atoms with Crippen molar-refractivity contribution in [2.45, 2.75) is 25.6 Å². The van der Waals surface area contributed by atoms with Crippen LogP contribution in [0.1, 0.15) is 24.0 Å².